The van der Waals surface area contributed by atoms with E-state index in [-0.39, 0.29) is 6.04 Å². The van der Waals surface area contributed by atoms with Crippen molar-refractivity contribution in [2.75, 3.05) is 0 Å². The summed E-state index contributed by atoms with van der Waals surface area (Å²) in [5.74, 6) is 0. The summed E-state index contributed by atoms with van der Waals surface area (Å²) in [4.78, 5) is 1.24. The van der Waals surface area contributed by atoms with Crippen molar-refractivity contribution in [3.63, 3.8) is 0 Å². The van der Waals surface area contributed by atoms with Gasteiger partial charge in [-0.2, -0.15) is 0 Å². The molecule has 1 heterocycles. The third-order valence-corrected chi connectivity index (χ3v) is 4.12. The maximum absolute atomic E-state index is 6.19. The molecule has 0 amide bonds. The third-order valence-electron chi connectivity index (χ3n) is 2.87. The second-order valence-electron chi connectivity index (χ2n) is 4.11. The monoisotopic (exact) mass is 265 g/mol. The van der Waals surface area contributed by atoms with Gasteiger partial charge in [0, 0.05) is 17.3 Å². The van der Waals surface area contributed by atoms with Crippen LogP contribution in [0.4, 0.5) is 0 Å². The van der Waals surface area contributed by atoms with Crippen LogP contribution in [0.1, 0.15) is 29.0 Å². The van der Waals surface area contributed by atoms with Gasteiger partial charge in [0.2, 0.25) is 0 Å². The molecule has 1 aromatic heterocycles. The van der Waals surface area contributed by atoms with Gasteiger partial charge in [0.25, 0.3) is 0 Å². The summed E-state index contributed by atoms with van der Waals surface area (Å²) in [5, 5.41) is 0. The van der Waals surface area contributed by atoms with Gasteiger partial charge in [-0.3, -0.25) is 0 Å². The first-order chi connectivity index (χ1) is 8.19. The first-order valence-electron chi connectivity index (χ1n) is 5.77. The largest absolute Gasteiger partial charge is 0.324 e. The first-order valence-corrected chi connectivity index (χ1v) is 6.97. The summed E-state index contributed by atoms with van der Waals surface area (Å²) in [6.07, 6.45) is 1.92. The van der Waals surface area contributed by atoms with Gasteiger partial charge in [-0.15, -0.1) is 11.3 Å². The minimum Gasteiger partial charge on any atom is -0.324 e. The molecular weight excluding hydrogens is 250 g/mol. The topological polar surface area (TPSA) is 26.0 Å². The summed E-state index contributed by atoms with van der Waals surface area (Å²) >= 11 is 7.51. The van der Waals surface area contributed by atoms with E-state index in [0.29, 0.717) is 0 Å². The van der Waals surface area contributed by atoms with E-state index in [9.17, 15) is 0 Å². The Labute approximate surface area is 111 Å². The second-order valence-corrected chi connectivity index (χ2v) is 5.91. The summed E-state index contributed by atoms with van der Waals surface area (Å²) in [5.41, 5.74) is 8.73. The Kier molecular flexibility index (Phi) is 4.21. The van der Waals surface area contributed by atoms with Crippen LogP contribution in [0.5, 0.6) is 0 Å². The predicted octanol–water partition coefficient (Wildman–Crippen LogP) is 4.21. The van der Waals surface area contributed by atoms with E-state index in [4.69, 9.17) is 17.3 Å². The zero-order chi connectivity index (χ0) is 12.3. The molecule has 0 radical (unpaired) electrons. The zero-order valence-electron chi connectivity index (χ0n) is 9.82. The standard InChI is InChI=1S/C14H16ClNS/c1-2-10-3-5-11(6-4-10)13(16)9-12-7-8-14(15)17-12/h3-8,13H,2,9,16H2,1H3. The van der Waals surface area contributed by atoms with Crippen molar-refractivity contribution in [1.29, 1.82) is 0 Å². The Bertz CT molecular complexity index is 475. The lowest BCUT2D eigenvalue weighted by atomic mass is 10.0. The molecule has 2 aromatic rings. The molecule has 0 aliphatic carbocycles. The lowest BCUT2D eigenvalue weighted by Crippen LogP contribution is -2.12. The molecule has 0 bridgehead atoms. The maximum atomic E-state index is 6.19. The van der Waals surface area contributed by atoms with Gasteiger partial charge in [0.15, 0.2) is 0 Å². The van der Waals surface area contributed by atoms with Crippen LogP contribution in [0, 0.1) is 0 Å². The Balaban J connectivity index is 2.06. The summed E-state index contributed by atoms with van der Waals surface area (Å²) in [6, 6.07) is 12.6. The van der Waals surface area contributed by atoms with Crippen LogP contribution in [0.25, 0.3) is 0 Å². The van der Waals surface area contributed by atoms with Crippen molar-refractivity contribution in [2.24, 2.45) is 5.73 Å². The van der Waals surface area contributed by atoms with Crippen LogP contribution < -0.4 is 5.73 Å². The van der Waals surface area contributed by atoms with Gasteiger partial charge in [-0.05, 0) is 29.7 Å². The van der Waals surface area contributed by atoms with Gasteiger partial charge in [-0.25, -0.2) is 0 Å². The Morgan fingerprint density at radius 3 is 2.41 bits per heavy atom. The van der Waals surface area contributed by atoms with Gasteiger partial charge < -0.3 is 5.73 Å². The number of rotatable bonds is 4. The molecule has 1 nitrogen and oxygen atoms in total. The van der Waals surface area contributed by atoms with Crippen LogP contribution in [0.3, 0.4) is 0 Å². The highest BCUT2D eigenvalue weighted by atomic mass is 35.5. The average molecular weight is 266 g/mol. The fourth-order valence-electron chi connectivity index (χ4n) is 1.80. The first kappa shape index (κ1) is 12.6. The highest BCUT2D eigenvalue weighted by Gasteiger charge is 2.08. The molecule has 0 fully saturated rings. The summed E-state index contributed by atoms with van der Waals surface area (Å²) in [6.45, 7) is 2.16. The van der Waals surface area contributed by atoms with Gasteiger partial charge >= 0.3 is 0 Å². The molecule has 0 aliphatic rings. The SMILES string of the molecule is CCc1ccc(C(N)Cc2ccc(Cl)s2)cc1. The minimum absolute atomic E-state index is 0.0515. The number of halogens is 1. The zero-order valence-corrected chi connectivity index (χ0v) is 11.4. The van der Waals surface area contributed by atoms with E-state index in [1.807, 2.05) is 12.1 Å². The number of benzene rings is 1. The molecule has 90 valence electrons. The lowest BCUT2D eigenvalue weighted by Gasteiger charge is -2.11. The van der Waals surface area contributed by atoms with Gasteiger partial charge in [0.1, 0.15) is 0 Å². The number of aryl methyl sites for hydroxylation is 1. The van der Waals surface area contributed by atoms with E-state index >= 15 is 0 Å². The quantitative estimate of drug-likeness (QED) is 0.881. The van der Waals surface area contributed by atoms with Crippen molar-refractivity contribution in [3.8, 4) is 0 Å². The number of hydrogen-bond donors (Lipinski definition) is 1. The molecular formula is C14H16ClNS. The highest BCUT2D eigenvalue weighted by molar-refractivity contribution is 7.16. The van der Waals surface area contributed by atoms with Gasteiger partial charge in [0.05, 0.1) is 4.34 Å². The van der Waals surface area contributed by atoms with E-state index in [1.54, 1.807) is 11.3 Å². The Morgan fingerprint density at radius 1 is 1.18 bits per heavy atom. The molecule has 0 saturated carbocycles. The van der Waals surface area contributed by atoms with E-state index in [2.05, 4.69) is 31.2 Å². The smallest absolute Gasteiger partial charge is 0.0931 e. The minimum atomic E-state index is 0.0515. The van der Waals surface area contributed by atoms with E-state index < -0.39 is 0 Å². The van der Waals surface area contributed by atoms with Crippen LogP contribution in [-0.4, -0.2) is 0 Å². The fourth-order valence-corrected chi connectivity index (χ4v) is 2.94. The average Bonchev–Trinajstić information content (AvgIpc) is 2.75. The normalized spacial score (nSPS) is 12.6. The van der Waals surface area contributed by atoms with E-state index in [1.165, 1.54) is 16.0 Å². The molecule has 2 N–H and O–H groups in total. The molecule has 3 heteroatoms. The number of thiophene rings is 1. The van der Waals surface area contributed by atoms with Crippen molar-refractivity contribution in [2.45, 2.75) is 25.8 Å². The molecule has 2 rings (SSSR count). The number of nitrogens with two attached hydrogens (primary N) is 1. The molecule has 1 atom stereocenters. The Morgan fingerprint density at radius 2 is 1.88 bits per heavy atom. The van der Waals surface area contributed by atoms with Crippen molar-refractivity contribution in [3.05, 3.63) is 56.7 Å². The summed E-state index contributed by atoms with van der Waals surface area (Å²) < 4.78 is 0.827. The van der Waals surface area contributed by atoms with Crippen LogP contribution in [-0.2, 0) is 12.8 Å². The van der Waals surface area contributed by atoms with Crippen LogP contribution >= 0.6 is 22.9 Å². The molecule has 0 aliphatic heterocycles. The van der Waals surface area contributed by atoms with Crippen molar-refractivity contribution >= 4 is 22.9 Å². The fraction of sp³-hybridized carbons (Fsp3) is 0.286. The molecule has 1 unspecified atom stereocenters. The molecule has 1 aromatic carbocycles. The van der Waals surface area contributed by atoms with Gasteiger partial charge in [-0.1, -0.05) is 42.8 Å². The molecule has 0 spiro atoms. The van der Waals surface area contributed by atoms with Crippen LogP contribution in [0.15, 0.2) is 36.4 Å². The predicted molar refractivity (Wildman–Crippen MR) is 75.8 cm³/mol. The highest BCUT2D eigenvalue weighted by Crippen LogP contribution is 2.25. The van der Waals surface area contributed by atoms with E-state index in [0.717, 1.165) is 17.2 Å². The second kappa shape index (κ2) is 5.67. The van der Waals surface area contributed by atoms with Crippen LogP contribution in [0.2, 0.25) is 4.34 Å². The summed E-state index contributed by atoms with van der Waals surface area (Å²) in [7, 11) is 0. The Hall–Kier alpha value is -0.830. The number of hydrogen-bond acceptors (Lipinski definition) is 2. The third kappa shape index (κ3) is 3.32. The lowest BCUT2D eigenvalue weighted by molar-refractivity contribution is 0.729. The molecule has 17 heavy (non-hydrogen) atoms. The maximum Gasteiger partial charge on any atom is 0.0931 e. The molecule has 0 saturated heterocycles. The van der Waals surface area contributed by atoms with Crippen molar-refractivity contribution in [1.82, 2.24) is 0 Å². The van der Waals surface area contributed by atoms with Crippen molar-refractivity contribution < 1.29 is 0 Å².